The molecule has 0 saturated heterocycles. The van der Waals surface area contributed by atoms with Gasteiger partial charge in [0.15, 0.2) is 6.61 Å². The lowest BCUT2D eigenvalue weighted by atomic mass is 10.3. The van der Waals surface area contributed by atoms with Gasteiger partial charge in [-0.05, 0) is 24.3 Å². The molecule has 1 amide bonds. The molecule has 0 aliphatic carbocycles. The van der Waals surface area contributed by atoms with Crippen molar-refractivity contribution >= 4 is 17.6 Å². The van der Waals surface area contributed by atoms with Crippen LogP contribution in [0.1, 0.15) is 0 Å². The molecule has 0 atom stereocenters. The predicted octanol–water partition coefficient (Wildman–Crippen LogP) is 0.0472. The Labute approximate surface area is 92.0 Å². The minimum atomic E-state index is -0.936. The second-order valence-electron chi connectivity index (χ2n) is 3.03. The third kappa shape index (κ3) is 4.32. The summed E-state index contributed by atoms with van der Waals surface area (Å²) in [5.41, 5.74) is 5.57. The fraction of sp³-hybridized carbons (Fsp3) is 0.200. The molecule has 4 N–H and O–H groups in total. The van der Waals surface area contributed by atoms with Gasteiger partial charge in [-0.3, -0.25) is 9.59 Å². The molecule has 6 heteroatoms. The molecule has 0 aliphatic heterocycles. The highest BCUT2D eigenvalue weighted by molar-refractivity contribution is 5.75. The van der Waals surface area contributed by atoms with Crippen LogP contribution >= 0.6 is 0 Å². The zero-order valence-corrected chi connectivity index (χ0v) is 8.47. The summed E-state index contributed by atoms with van der Waals surface area (Å²) in [5, 5.41) is 11.1. The number of hydrogen-bond donors (Lipinski definition) is 3. The molecule has 16 heavy (non-hydrogen) atoms. The summed E-state index contributed by atoms with van der Waals surface area (Å²) in [6.45, 7) is -0.330. The maximum atomic E-state index is 10.4. The lowest BCUT2D eigenvalue weighted by molar-refractivity contribution is -0.135. The molecule has 0 saturated carbocycles. The van der Waals surface area contributed by atoms with Gasteiger partial charge in [-0.2, -0.15) is 0 Å². The van der Waals surface area contributed by atoms with Crippen LogP contribution in [-0.2, 0) is 9.59 Å². The van der Waals surface area contributed by atoms with Gasteiger partial charge in [-0.25, -0.2) is 0 Å². The quantitative estimate of drug-likeness (QED) is 0.633. The van der Waals surface area contributed by atoms with Crippen molar-refractivity contribution in [2.45, 2.75) is 0 Å². The molecule has 0 unspecified atom stereocenters. The van der Waals surface area contributed by atoms with E-state index in [0.29, 0.717) is 11.4 Å². The van der Waals surface area contributed by atoms with E-state index in [9.17, 15) is 9.59 Å². The molecule has 0 aromatic heterocycles. The third-order valence-corrected chi connectivity index (χ3v) is 1.68. The number of hydrogen-bond acceptors (Lipinski definition) is 4. The summed E-state index contributed by atoms with van der Waals surface area (Å²) < 4.78 is 5.03. The van der Waals surface area contributed by atoms with E-state index in [2.05, 4.69) is 5.32 Å². The molecule has 86 valence electrons. The number of carboxylic acids is 1. The van der Waals surface area contributed by atoms with E-state index in [0.717, 1.165) is 0 Å². The van der Waals surface area contributed by atoms with E-state index in [1.54, 1.807) is 24.3 Å². The molecular formula is C10H12N2O4. The van der Waals surface area contributed by atoms with Crippen LogP contribution in [0.5, 0.6) is 5.75 Å². The standard InChI is InChI=1S/C10H12N2O4/c11-9(13)6-16-8-3-1-7(2-4-8)12-5-10(14)15/h1-4,12H,5-6H2,(H2,11,13)(H,14,15). The van der Waals surface area contributed by atoms with Crippen LogP contribution < -0.4 is 15.8 Å². The normalized spacial score (nSPS) is 9.50. The van der Waals surface area contributed by atoms with Gasteiger partial charge in [0.1, 0.15) is 12.3 Å². The highest BCUT2D eigenvalue weighted by atomic mass is 16.5. The van der Waals surface area contributed by atoms with Gasteiger partial charge in [0.2, 0.25) is 0 Å². The van der Waals surface area contributed by atoms with Crippen molar-refractivity contribution in [3.8, 4) is 5.75 Å². The predicted molar refractivity (Wildman–Crippen MR) is 57.3 cm³/mol. The molecule has 1 rings (SSSR count). The van der Waals surface area contributed by atoms with Gasteiger partial charge in [0, 0.05) is 5.69 Å². The second-order valence-corrected chi connectivity index (χ2v) is 3.03. The molecule has 0 radical (unpaired) electrons. The summed E-state index contributed by atoms with van der Waals surface area (Å²) in [5.74, 6) is -0.984. The first-order valence-electron chi connectivity index (χ1n) is 4.55. The van der Waals surface area contributed by atoms with Crippen molar-refractivity contribution in [3.05, 3.63) is 24.3 Å². The molecule has 0 aliphatic rings. The Morgan fingerprint density at radius 2 is 1.94 bits per heavy atom. The summed E-state index contributed by atoms with van der Waals surface area (Å²) in [4.78, 5) is 20.7. The number of carbonyl (C=O) groups excluding carboxylic acids is 1. The monoisotopic (exact) mass is 224 g/mol. The van der Waals surface area contributed by atoms with Crippen LogP contribution in [0.2, 0.25) is 0 Å². The van der Waals surface area contributed by atoms with Crippen molar-refractivity contribution in [2.75, 3.05) is 18.5 Å². The average Bonchev–Trinajstić information content (AvgIpc) is 2.25. The molecule has 1 aromatic carbocycles. The van der Waals surface area contributed by atoms with E-state index in [1.807, 2.05) is 0 Å². The molecule has 6 nitrogen and oxygen atoms in total. The first-order valence-corrected chi connectivity index (χ1v) is 4.55. The number of nitrogens with two attached hydrogens (primary N) is 1. The molecule has 0 spiro atoms. The van der Waals surface area contributed by atoms with Gasteiger partial charge in [-0.15, -0.1) is 0 Å². The molecule has 0 bridgehead atoms. The van der Waals surface area contributed by atoms with Crippen LogP contribution in [-0.4, -0.2) is 30.1 Å². The molecule has 0 heterocycles. The van der Waals surface area contributed by atoms with Crippen molar-refractivity contribution in [1.29, 1.82) is 0 Å². The van der Waals surface area contributed by atoms with Gasteiger partial charge in [-0.1, -0.05) is 0 Å². The number of aliphatic carboxylic acids is 1. The Morgan fingerprint density at radius 1 is 1.31 bits per heavy atom. The van der Waals surface area contributed by atoms with E-state index in [-0.39, 0.29) is 13.2 Å². The van der Waals surface area contributed by atoms with Gasteiger partial charge >= 0.3 is 5.97 Å². The zero-order valence-electron chi connectivity index (χ0n) is 8.47. The number of carbonyl (C=O) groups is 2. The Morgan fingerprint density at radius 3 is 2.44 bits per heavy atom. The molecule has 1 aromatic rings. The highest BCUT2D eigenvalue weighted by Crippen LogP contribution is 2.15. The fourth-order valence-electron chi connectivity index (χ4n) is 1.00. The van der Waals surface area contributed by atoms with Gasteiger partial charge in [0.25, 0.3) is 5.91 Å². The third-order valence-electron chi connectivity index (χ3n) is 1.68. The fourth-order valence-corrected chi connectivity index (χ4v) is 1.00. The van der Waals surface area contributed by atoms with E-state index < -0.39 is 11.9 Å². The SMILES string of the molecule is NC(=O)COc1ccc(NCC(=O)O)cc1. The minimum Gasteiger partial charge on any atom is -0.484 e. The van der Waals surface area contributed by atoms with Crippen molar-refractivity contribution < 1.29 is 19.4 Å². The topological polar surface area (TPSA) is 102 Å². The Hall–Kier alpha value is -2.24. The maximum absolute atomic E-state index is 10.4. The van der Waals surface area contributed by atoms with Crippen molar-refractivity contribution in [2.24, 2.45) is 5.73 Å². The van der Waals surface area contributed by atoms with Crippen LogP contribution in [0.3, 0.4) is 0 Å². The Balaban J connectivity index is 2.47. The number of rotatable bonds is 6. The number of amides is 1. The smallest absolute Gasteiger partial charge is 0.322 e. The summed E-state index contributed by atoms with van der Waals surface area (Å²) >= 11 is 0. The Kier molecular flexibility index (Phi) is 4.14. The first-order chi connectivity index (χ1) is 7.58. The van der Waals surface area contributed by atoms with Crippen LogP contribution in [0.15, 0.2) is 24.3 Å². The Bertz CT molecular complexity index is 338. The number of benzene rings is 1. The number of ether oxygens (including phenoxy) is 1. The largest absolute Gasteiger partial charge is 0.484 e. The first kappa shape index (κ1) is 11.8. The summed E-state index contributed by atoms with van der Waals surface area (Å²) in [6.07, 6.45) is 0. The van der Waals surface area contributed by atoms with Crippen molar-refractivity contribution in [1.82, 2.24) is 0 Å². The summed E-state index contributed by atoms with van der Waals surface area (Å²) in [7, 11) is 0. The number of nitrogens with one attached hydrogen (secondary N) is 1. The van der Waals surface area contributed by atoms with Crippen molar-refractivity contribution in [3.63, 3.8) is 0 Å². The molecular weight excluding hydrogens is 212 g/mol. The lowest BCUT2D eigenvalue weighted by Crippen LogP contribution is -2.20. The minimum absolute atomic E-state index is 0.151. The molecule has 0 fully saturated rings. The number of primary amides is 1. The number of carboxylic acid groups (broad SMARTS) is 1. The lowest BCUT2D eigenvalue weighted by Gasteiger charge is -2.06. The summed E-state index contributed by atoms with van der Waals surface area (Å²) in [6, 6.07) is 6.54. The maximum Gasteiger partial charge on any atom is 0.322 e. The van der Waals surface area contributed by atoms with Gasteiger partial charge < -0.3 is 20.9 Å². The van der Waals surface area contributed by atoms with Crippen LogP contribution in [0.25, 0.3) is 0 Å². The average molecular weight is 224 g/mol. The van der Waals surface area contributed by atoms with Crippen LogP contribution in [0.4, 0.5) is 5.69 Å². The van der Waals surface area contributed by atoms with E-state index >= 15 is 0 Å². The van der Waals surface area contributed by atoms with Gasteiger partial charge in [0.05, 0.1) is 0 Å². The zero-order chi connectivity index (χ0) is 12.0. The van der Waals surface area contributed by atoms with E-state index in [1.165, 1.54) is 0 Å². The van der Waals surface area contributed by atoms with Crippen LogP contribution in [0, 0.1) is 0 Å². The number of anilines is 1. The second kappa shape index (κ2) is 5.59. The van der Waals surface area contributed by atoms with E-state index in [4.69, 9.17) is 15.6 Å². The highest BCUT2D eigenvalue weighted by Gasteiger charge is 1.99.